The van der Waals surface area contributed by atoms with Gasteiger partial charge in [0.05, 0.1) is 0 Å². The lowest BCUT2D eigenvalue weighted by molar-refractivity contribution is 0.0953. The lowest BCUT2D eigenvalue weighted by atomic mass is 10.2. The number of hydrogen-bond acceptors (Lipinski definition) is 4. The van der Waals surface area contributed by atoms with Crippen LogP contribution in [-0.2, 0) is 10.8 Å². The minimum Gasteiger partial charge on any atom is -0.384 e. The van der Waals surface area contributed by atoms with E-state index >= 15 is 0 Å². The van der Waals surface area contributed by atoms with E-state index in [1.165, 1.54) is 12.1 Å². The molecular formula is C11H16ClN3O2S. The minimum absolute atomic E-state index is 0.0522. The molecule has 100 valence electrons. The summed E-state index contributed by atoms with van der Waals surface area (Å²) in [5, 5.41) is 2.96. The Balaban J connectivity index is 2.53. The first kappa shape index (κ1) is 14.9. The average molecular weight is 290 g/mol. The summed E-state index contributed by atoms with van der Waals surface area (Å²) in [7, 11) is -0.879. The molecule has 3 N–H and O–H groups in total. The van der Waals surface area contributed by atoms with Crippen LogP contribution in [0.1, 0.15) is 23.7 Å². The average Bonchev–Trinajstić information content (AvgIpc) is 2.27. The van der Waals surface area contributed by atoms with Crippen molar-refractivity contribution in [3.05, 3.63) is 22.8 Å². The molecule has 7 heteroatoms. The number of rotatable bonds is 5. The third-order valence-electron chi connectivity index (χ3n) is 2.48. The number of carbonyl (C=O) groups is 1. The summed E-state index contributed by atoms with van der Waals surface area (Å²) in [6, 6.07) is 2.91. The second-order valence-corrected chi connectivity index (χ2v) is 6.15. The van der Waals surface area contributed by atoms with E-state index in [-0.39, 0.29) is 22.1 Å². The van der Waals surface area contributed by atoms with Crippen LogP contribution in [0, 0.1) is 0 Å². The lowest BCUT2D eigenvalue weighted by Crippen LogP contribution is -2.27. The van der Waals surface area contributed by atoms with Gasteiger partial charge in [-0.15, -0.1) is 0 Å². The fourth-order valence-corrected chi connectivity index (χ4v) is 1.97. The molecule has 0 aromatic carbocycles. The predicted molar refractivity (Wildman–Crippen MR) is 74.1 cm³/mol. The SMILES string of the molecule is CC(CCNC(=O)c1cc(N)nc(Cl)c1)S(C)=O. The molecule has 5 nitrogen and oxygen atoms in total. The van der Waals surface area contributed by atoms with Gasteiger partial charge in [-0.1, -0.05) is 18.5 Å². The molecule has 0 saturated heterocycles. The third-order valence-corrected chi connectivity index (χ3v) is 4.04. The number of halogens is 1. The van der Waals surface area contributed by atoms with Crippen LogP contribution in [0.15, 0.2) is 12.1 Å². The van der Waals surface area contributed by atoms with Crippen molar-refractivity contribution in [1.29, 1.82) is 0 Å². The first-order valence-electron chi connectivity index (χ1n) is 5.43. The Bertz CT molecular complexity index is 447. The molecule has 0 spiro atoms. The normalized spacial score (nSPS) is 13.9. The monoisotopic (exact) mass is 289 g/mol. The number of anilines is 1. The molecule has 1 rings (SSSR count). The highest BCUT2D eigenvalue weighted by molar-refractivity contribution is 7.84. The zero-order valence-corrected chi connectivity index (χ0v) is 11.8. The number of nitrogens with one attached hydrogen (secondary N) is 1. The summed E-state index contributed by atoms with van der Waals surface area (Å²) in [5.41, 5.74) is 5.87. The van der Waals surface area contributed by atoms with E-state index in [2.05, 4.69) is 10.3 Å². The molecule has 0 aliphatic carbocycles. The summed E-state index contributed by atoms with van der Waals surface area (Å²) >= 11 is 5.71. The molecule has 0 aliphatic rings. The second kappa shape index (κ2) is 6.70. The summed E-state index contributed by atoms with van der Waals surface area (Å²) < 4.78 is 11.1. The first-order chi connectivity index (χ1) is 8.40. The van der Waals surface area contributed by atoms with E-state index in [9.17, 15) is 9.00 Å². The van der Waals surface area contributed by atoms with E-state index < -0.39 is 10.8 Å². The Hall–Kier alpha value is -1.14. The number of nitrogens with two attached hydrogens (primary N) is 1. The second-order valence-electron chi connectivity index (χ2n) is 3.96. The predicted octanol–water partition coefficient (Wildman–Crippen LogP) is 1.20. The maximum absolute atomic E-state index is 11.8. The van der Waals surface area contributed by atoms with Gasteiger partial charge in [0.15, 0.2) is 0 Å². The largest absolute Gasteiger partial charge is 0.384 e. The van der Waals surface area contributed by atoms with Crippen LogP contribution < -0.4 is 11.1 Å². The van der Waals surface area contributed by atoms with Crippen LogP contribution >= 0.6 is 11.6 Å². The van der Waals surface area contributed by atoms with Crippen molar-refractivity contribution in [2.75, 3.05) is 18.5 Å². The Morgan fingerprint density at radius 3 is 2.83 bits per heavy atom. The zero-order valence-electron chi connectivity index (χ0n) is 10.3. The maximum Gasteiger partial charge on any atom is 0.251 e. The van der Waals surface area contributed by atoms with Crippen LogP contribution in [0.5, 0.6) is 0 Å². The van der Waals surface area contributed by atoms with Gasteiger partial charge in [-0.2, -0.15) is 0 Å². The number of pyridine rings is 1. The van der Waals surface area contributed by atoms with Crippen molar-refractivity contribution in [2.24, 2.45) is 0 Å². The van der Waals surface area contributed by atoms with E-state index in [0.717, 1.165) is 0 Å². The minimum atomic E-state index is -0.879. The fraction of sp³-hybridized carbons (Fsp3) is 0.455. The van der Waals surface area contributed by atoms with Crippen molar-refractivity contribution in [1.82, 2.24) is 10.3 Å². The number of carbonyl (C=O) groups excluding carboxylic acids is 1. The van der Waals surface area contributed by atoms with Gasteiger partial charge in [-0.25, -0.2) is 4.98 Å². The summed E-state index contributed by atoms with van der Waals surface area (Å²) in [5.74, 6) is -0.0595. The number of nitrogen functional groups attached to an aromatic ring is 1. The Labute approximate surface area is 114 Å². The van der Waals surface area contributed by atoms with Crippen molar-refractivity contribution < 1.29 is 9.00 Å². The molecule has 0 bridgehead atoms. The molecule has 1 aromatic heterocycles. The van der Waals surface area contributed by atoms with Gasteiger partial charge < -0.3 is 11.1 Å². The van der Waals surface area contributed by atoms with Crippen LogP contribution in [0.2, 0.25) is 5.15 Å². The maximum atomic E-state index is 11.8. The Morgan fingerprint density at radius 2 is 2.28 bits per heavy atom. The molecule has 0 fully saturated rings. The molecule has 1 amide bonds. The quantitative estimate of drug-likeness (QED) is 0.798. The van der Waals surface area contributed by atoms with Crippen LogP contribution in [-0.4, -0.2) is 33.2 Å². The van der Waals surface area contributed by atoms with Gasteiger partial charge in [-0.3, -0.25) is 9.00 Å². The molecule has 1 heterocycles. The first-order valence-corrected chi connectivity index (χ1v) is 7.43. The Morgan fingerprint density at radius 1 is 1.61 bits per heavy atom. The smallest absolute Gasteiger partial charge is 0.251 e. The van der Waals surface area contributed by atoms with Gasteiger partial charge >= 0.3 is 0 Å². The zero-order chi connectivity index (χ0) is 13.7. The summed E-state index contributed by atoms with van der Waals surface area (Å²) in [6.07, 6.45) is 2.30. The van der Waals surface area contributed by atoms with Crippen LogP contribution in [0.3, 0.4) is 0 Å². The highest BCUT2D eigenvalue weighted by Crippen LogP contribution is 2.12. The number of hydrogen-bond donors (Lipinski definition) is 2. The van der Waals surface area contributed by atoms with Gasteiger partial charge in [0.1, 0.15) is 11.0 Å². The summed E-state index contributed by atoms with van der Waals surface area (Å²) in [6.45, 7) is 2.34. The molecule has 0 radical (unpaired) electrons. The molecule has 0 aliphatic heterocycles. The third kappa shape index (κ3) is 4.62. The van der Waals surface area contributed by atoms with Crippen molar-refractivity contribution in [3.63, 3.8) is 0 Å². The standard InChI is InChI=1S/C11H16ClN3O2S/c1-7(18(2)17)3-4-14-11(16)8-5-9(12)15-10(13)6-8/h5-7H,3-4H2,1-2H3,(H2,13,15)(H,14,16). The topological polar surface area (TPSA) is 85.1 Å². The van der Waals surface area contributed by atoms with Crippen molar-refractivity contribution >= 4 is 34.1 Å². The number of amides is 1. The Kier molecular flexibility index (Phi) is 5.55. The van der Waals surface area contributed by atoms with Gasteiger partial charge in [0, 0.05) is 34.4 Å². The molecular weight excluding hydrogens is 274 g/mol. The van der Waals surface area contributed by atoms with E-state index in [4.69, 9.17) is 17.3 Å². The molecule has 18 heavy (non-hydrogen) atoms. The van der Waals surface area contributed by atoms with Gasteiger partial charge in [0.25, 0.3) is 5.91 Å². The highest BCUT2D eigenvalue weighted by Gasteiger charge is 2.10. The number of aromatic nitrogens is 1. The molecule has 0 saturated carbocycles. The fourth-order valence-electron chi connectivity index (χ4n) is 1.31. The van der Waals surface area contributed by atoms with E-state index in [1.54, 1.807) is 6.26 Å². The number of nitrogens with zero attached hydrogens (tertiary/aromatic N) is 1. The van der Waals surface area contributed by atoms with Crippen LogP contribution in [0.4, 0.5) is 5.82 Å². The van der Waals surface area contributed by atoms with E-state index in [1.807, 2.05) is 6.92 Å². The van der Waals surface area contributed by atoms with Crippen LogP contribution in [0.25, 0.3) is 0 Å². The highest BCUT2D eigenvalue weighted by atomic mass is 35.5. The van der Waals surface area contributed by atoms with Crippen molar-refractivity contribution in [3.8, 4) is 0 Å². The lowest BCUT2D eigenvalue weighted by Gasteiger charge is -2.09. The van der Waals surface area contributed by atoms with Gasteiger partial charge in [0.2, 0.25) is 0 Å². The van der Waals surface area contributed by atoms with Gasteiger partial charge in [-0.05, 0) is 18.6 Å². The molecule has 2 unspecified atom stereocenters. The molecule has 2 atom stereocenters. The summed E-state index contributed by atoms with van der Waals surface area (Å²) in [4.78, 5) is 15.5. The van der Waals surface area contributed by atoms with Crippen molar-refractivity contribution in [2.45, 2.75) is 18.6 Å². The molecule has 1 aromatic rings. The van der Waals surface area contributed by atoms with E-state index in [0.29, 0.717) is 18.5 Å².